The molecule has 5 heteroatoms. The van der Waals surface area contributed by atoms with Gasteiger partial charge < -0.3 is 10.1 Å². The van der Waals surface area contributed by atoms with Crippen molar-refractivity contribution in [3.05, 3.63) is 87.4 Å². The molecule has 1 amide bonds. The van der Waals surface area contributed by atoms with Gasteiger partial charge in [-0.15, -0.1) is 11.3 Å². The van der Waals surface area contributed by atoms with E-state index in [9.17, 15) is 4.79 Å². The normalized spacial score (nSPS) is 11.4. The average molecular weight is 395 g/mol. The molecule has 0 unspecified atom stereocenters. The van der Waals surface area contributed by atoms with E-state index in [1.165, 1.54) is 11.3 Å². The molecule has 0 saturated heterocycles. The molecular formula is C23H26N2O2S. The molecule has 0 atom stereocenters. The van der Waals surface area contributed by atoms with E-state index < -0.39 is 0 Å². The quantitative estimate of drug-likeness (QED) is 0.607. The maximum Gasteiger partial charge on any atom is 0.263 e. The standard InChI is InChI=1S/C23H26N2O2S/c1-23(2,3)22-25-14-20(28-22)21(26)24-13-18-10-7-11-19(12-18)16-27-15-17-8-5-4-6-9-17/h4-12,14H,13,15-16H2,1-3H3,(H,24,26). The van der Waals surface area contributed by atoms with E-state index in [0.29, 0.717) is 24.6 Å². The number of carbonyl (C=O) groups excluding carboxylic acids is 1. The van der Waals surface area contributed by atoms with Gasteiger partial charge in [-0.25, -0.2) is 4.98 Å². The number of nitrogens with zero attached hydrogens (tertiary/aromatic N) is 1. The van der Waals surface area contributed by atoms with Crippen LogP contribution in [-0.4, -0.2) is 10.9 Å². The molecular weight excluding hydrogens is 368 g/mol. The molecule has 4 nitrogen and oxygen atoms in total. The summed E-state index contributed by atoms with van der Waals surface area (Å²) in [6.07, 6.45) is 1.66. The van der Waals surface area contributed by atoms with Gasteiger partial charge in [0.1, 0.15) is 4.88 Å². The number of benzene rings is 2. The van der Waals surface area contributed by atoms with Gasteiger partial charge in [0.05, 0.1) is 24.4 Å². The Morgan fingerprint density at radius 3 is 2.39 bits per heavy atom. The van der Waals surface area contributed by atoms with Crippen LogP contribution in [-0.2, 0) is 29.9 Å². The Labute approximate surface area is 170 Å². The Bertz CT molecular complexity index is 914. The molecule has 0 fully saturated rings. The molecule has 0 bridgehead atoms. The second-order valence-electron chi connectivity index (χ2n) is 7.76. The third kappa shape index (κ3) is 5.75. The summed E-state index contributed by atoms with van der Waals surface area (Å²) in [7, 11) is 0. The van der Waals surface area contributed by atoms with Crippen LogP contribution in [0.3, 0.4) is 0 Å². The molecule has 0 spiro atoms. The van der Waals surface area contributed by atoms with Crippen LogP contribution >= 0.6 is 11.3 Å². The van der Waals surface area contributed by atoms with Gasteiger partial charge in [-0.05, 0) is 16.7 Å². The summed E-state index contributed by atoms with van der Waals surface area (Å²) < 4.78 is 5.80. The van der Waals surface area contributed by atoms with E-state index in [0.717, 1.165) is 21.7 Å². The molecule has 2 aromatic carbocycles. The fraction of sp³-hybridized carbons (Fsp3) is 0.304. The molecule has 1 heterocycles. The second kappa shape index (κ2) is 9.13. The number of hydrogen-bond donors (Lipinski definition) is 1. The molecule has 146 valence electrons. The van der Waals surface area contributed by atoms with E-state index in [-0.39, 0.29) is 11.3 Å². The highest BCUT2D eigenvalue weighted by molar-refractivity contribution is 7.13. The summed E-state index contributed by atoms with van der Waals surface area (Å²) in [5.41, 5.74) is 3.26. The number of ether oxygens (including phenoxy) is 1. The molecule has 3 aromatic rings. The second-order valence-corrected chi connectivity index (χ2v) is 8.79. The molecule has 0 aliphatic heterocycles. The first-order valence-corrected chi connectivity index (χ1v) is 10.2. The van der Waals surface area contributed by atoms with Gasteiger partial charge in [0.15, 0.2) is 0 Å². The summed E-state index contributed by atoms with van der Waals surface area (Å²) in [4.78, 5) is 17.4. The monoisotopic (exact) mass is 394 g/mol. The summed E-state index contributed by atoms with van der Waals surface area (Å²) in [6, 6.07) is 18.2. The van der Waals surface area contributed by atoms with Gasteiger partial charge in [0.25, 0.3) is 5.91 Å². The summed E-state index contributed by atoms with van der Waals surface area (Å²) in [6.45, 7) is 7.90. The zero-order valence-electron chi connectivity index (χ0n) is 16.6. The highest BCUT2D eigenvalue weighted by atomic mass is 32.1. The number of hydrogen-bond acceptors (Lipinski definition) is 4. The van der Waals surface area contributed by atoms with Crippen LogP contribution in [0.1, 0.15) is 52.1 Å². The lowest BCUT2D eigenvalue weighted by molar-refractivity contribution is 0.0954. The first kappa shape index (κ1) is 20.2. The molecule has 0 aliphatic rings. The van der Waals surface area contributed by atoms with E-state index in [4.69, 9.17) is 4.74 Å². The van der Waals surface area contributed by atoms with Gasteiger partial charge in [0, 0.05) is 12.0 Å². The Balaban J connectivity index is 1.51. The first-order valence-electron chi connectivity index (χ1n) is 9.36. The molecule has 0 radical (unpaired) electrons. The fourth-order valence-corrected chi connectivity index (χ4v) is 3.58. The molecule has 1 N–H and O–H groups in total. The number of thiazole rings is 1. The largest absolute Gasteiger partial charge is 0.372 e. The third-order valence-corrected chi connectivity index (χ3v) is 5.62. The zero-order chi connectivity index (χ0) is 20.0. The SMILES string of the molecule is CC(C)(C)c1ncc(C(=O)NCc2cccc(COCc3ccccc3)c2)s1. The maximum atomic E-state index is 12.4. The molecule has 0 aliphatic carbocycles. The lowest BCUT2D eigenvalue weighted by Gasteiger charge is -2.13. The van der Waals surface area contributed by atoms with Gasteiger partial charge >= 0.3 is 0 Å². The van der Waals surface area contributed by atoms with Crippen LogP contribution in [0.5, 0.6) is 0 Å². The fourth-order valence-electron chi connectivity index (χ4n) is 2.69. The van der Waals surface area contributed by atoms with Crippen LogP contribution in [0.15, 0.2) is 60.8 Å². The first-order chi connectivity index (χ1) is 13.4. The van der Waals surface area contributed by atoms with Crippen LogP contribution in [0.2, 0.25) is 0 Å². The molecule has 0 saturated carbocycles. The Kier molecular flexibility index (Phi) is 6.60. The van der Waals surface area contributed by atoms with Gasteiger partial charge in [-0.1, -0.05) is 75.4 Å². The minimum atomic E-state index is -0.0845. The number of rotatable bonds is 7. The number of amides is 1. The summed E-state index contributed by atoms with van der Waals surface area (Å²) in [5.74, 6) is -0.0845. The van der Waals surface area contributed by atoms with Gasteiger partial charge in [0.2, 0.25) is 0 Å². The highest BCUT2D eigenvalue weighted by Crippen LogP contribution is 2.26. The zero-order valence-corrected chi connectivity index (χ0v) is 17.4. The van der Waals surface area contributed by atoms with Crippen molar-refractivity contribution < 1.29 is 9.53 Å². The third-order valence-electron chi connectivity index (χ3n) is 4.20. The average Bonchev–Trinajstić information content (AvgIpc) is 3.18. The van der Waals surface area contributed by atoms with Crippen molar-refractivity contribution in [2.75, 3.05) is 0 Å². The minimum Gasteiger partial charge on any atom is -0.372 e. The number of carbonyl (C=O) groups is 1. The van der Waals surface area contributed by atoms with E-state index in [1.807, 2.05) is 36.4 Å². The van der Waals surface area contributed by atoms with Crippen LogP contribution in [0.25, 0.3) is 0 Å². The van der Waals surface area contributed by atoms with Crippen molar-refractivity contribution in [3.63, 3.8) is 0 Å². The van der Waals surface area contributed by atoms with Crippen LogP contribution < -0.4 is 5.32 Å². The number of aromatic nitrogens is 1. The van der Waals surface area contributed by atoms with Crippen molar-refractivity contribution >= 4 is 17.2 Å². The lowest BCUT2D eigenvalue weighted by atomic mass is 9.98. The van der Waals surface area contributed by atoms with Crippen molar-refractivity contribution in [2.45, 2.75) is 45.9 Å². The van der Waals surface area contributed by atoms with Crippen molar-refractivity contribution in [1.82, 2.24) is 10.3 Å². The van der Waals surface area contributed by atoms with Crippen molar-refractivity contribution in [3.8, 4) is 0 Å². The predicted octanol–water partition coefficient (Wildman–Crippen LogP) is 5.09. The van der Waals surface area contributed by atoms with E-state index in [2.05, 4.69) is 49.3 Å². The van der Waals surface area contributed by atoms with Gasteiger partial charge in [-0.3, -0.25) is 4.79 Å². The summed E-state index contributed by atoms with van der Waals surface area (Å²) in [5, 5.41) is 3.95. The Hall–Kier alpha value is -2.50. The van der Waals surface area contributed by atoms with Crippen molar-refractivity contribution in [2.24, 2.45) is 0 Å². The Morgan fingerprint density at radius 1 is 1.00 bits per heavy atom. The van der Waals surface area contributed by atoms with Gasteiger partial charge in [-0.2, -0.15) is 0 Å². The predicted molar refractivity (Wildman–Crippen MR) is 113 cm³/mol. The lowest BCUT2D eigenvalue weighted by Crippen LogP contribution is -2.21. The van der Waals surface area contributed by atoms with Crippen LogP contribution in [0.4, 0.5) is 0 Å². The maximum absolute atomic E-state index is 12.4. The number of nitrogens with one attached hydrogen (secondary N) is 1. The van der Waals surface area contributed by atoms with Crippen LogP contribution in [0, 0.1) is 0 Å². The minimum absolute atomic E-state index is 0.0444. The highest BCUT2D eigenvalue weighted by Gasteiger charge is 2.20. The molecule has 3 rings (SSSR count). The Morgan fingerprint density at radius 2 is 1.68 bits per heavy atom. The topological polar surface area (TPSA) is 51.2 Å². The summed E-state index contributed by atoms with van der Waals surface area (Å²) >= 11 is 1.45. The molecule has 28 heavy (non-hydrogen) atoms. The smallest absolute Gasteiger partial charge is 0.263 e. The van der Waals surface area contributed by atoms with Crippen molar-refractivity contribution in [1.29, 1.82) is 0 Å². The van der Waals surface area contributed by atoms with E-state index in [1.54, 1.807) is 6.20 Å². The molecule has 1 aromatic heterocycles. The van der Waals surface area contributed by atoms with E-state index >= 15 is 0 Å².